The third-order valence-electron chi connectivity index (χ3n) is 3.60. The summed E-state index contributed by atoms with van der Waals surface area (Å²) in [5.41, 5.74) is -0.319. The number of aliphatic hydroxyl groups excluding tert-OH is 3. The van der Waals surface area contributed by atoms with Crippen LogP contribution in [0, 0.1) is 0 Å². The molecule has 0 saturated carbocycles. The van der Waals surface area contributed by atoms with E-state index in [0.29, 0.717) is 6.42 Å². The Hall–Kier alpha value is -0.340. The quantitative estimate of drug-likeness (QED) is 0.574. The van der Waals surface area contributed by atoms with Gasteiger partial charge in [-0.3, -0.25) is 4.99 Å². The first-order chi connectivity index (χ1) is 9.58. The molecule has 0 aromatic carbocycles. The number of hydrogen-bond acceptors (Lipinski definition) is 6. The van der Waals surface area contributed by atoms with Gasteiger partial charge in [0.2, 0.25) is 0 Å². The first kappa shape index (κ1) is 16.0. The molecule has 0 aromatic rings. The number of nitrogens with zero attached hydrogens (tertiary/aromatic N) is 1. The number of hydrogen-bond donors (Lipinski definition) is 4. The summed E-state index contributed by atoms with van der Waals surface area (Å²) < 4.78 is 5.78. The monoisotopic (exact) mass is 304 g/mol. The van der Waals surface area contributed by atoms with Crippen molar-refractivity contribution in [2.75, 3.05) is 6.54 Å². The van der Waals surface area contributed by atoms with Crippen molar-refractivity contribution in [3.63, 3.8) is 0 Å². The zero-order chi connectivity index (χ0) is 14.7. The Bertz CT molecular complexity index is 355. The average Bonchev–Trinajstić information content (AvgIpc) is 2.84. The van der Waals surface area contributed by atoms with Crippen LogP contribution in [0.15, 0.2) is 4.99 Å². The Kier molecular flexibility index (Phi) is 5.68. The molecule has 0 aromatic heterocycles. The van der Waals surface area contributed by atoms with E-state index in [-0.39, 0.29) is 11.5 Å². The summed E-state index contributed by atoms with van der Waals surface area (Å²) in [6.07, 6.45) is -1.27. The number of rotatable bonds is 5. The van der Waals surface area contributed by atoms with Gasteiger partial charge in [0.1, 0.15) is 23.7 Å². The molecule has 2 aliphatic rings. The highest BCUT2D eigenvalue weighted by atomic mass is 32.2. The molecule has 0 bridgehead atoms. The Labute approximate surface area is 123 Å². The van der Waals surface area contributed by atoms with Gasteiger partial charge in [0.05, 0.1) is 12.1 Å². The first-order valence-corrected chi connectivity index (χ1v) is 8.13. The van der Waals surface area contributed by atoms with Gasteiger partial charge < -0.3 is 25.4 Å². The van der Waals surface area contributed by atoms with Gasteiger partial charge >= 0.3 is 0 Å². The fraction of sp³-hybridized carbons (Fsp3) is 0.923. The van der Waals surface area contributed by atoms with Gasteiger partial charge in [-0.2, -0.15) is 0 Å². The molecule has 4 N–H and O–H groups in total. The Morgan fingerprint density at radius 2 is 2.05 bits per heavy atom. The highest BCUT2D eigenvalue weighted by Gasteiger charge is 2.50. The van der Waals surface area contributed by atoms with E-state index in [2.05, 4.69) is 10.3 Å². The SMILES string of the molecule is CCCN=C1NC2C(OC(C(O)CCC)C(O)C2O)S1. The van der Waals surface area contributed by atoms with E-state index in [0.717, 1.165) is 24.6 Å². The molecule has 2 aliphatic heterocycles. The largest absolute Gasteiger partial charge is 0.390 e. The van der Waals surface area contributed by atoms with Crippen molar-refractivity contribution in [1.82, 2.24) is 5.32 Å². The summed E-state index contributed by atoms with van der Waals surface area (Å²) in [5.74, 6) is 0. The van der Waals surface area contributed by atoms with E-state index in [9.17, 15) is 15.3 Å². The molecule has 20 heavy (non-hydrogen) atoms. The minimum absolute atomic E-state index is 0.319. The summed E-state index contributed by atoms with van der Waals surface area (Å²) in [4.78, 5) is 4.36. The Balaban J connectivity index is 2.04. The molecule has 6 unspecified atom stereocenters. The van der Waals surface area contributed by atoms with E-state index in [4.69, 9.17) is 4.74 Å². The molecule has 116 valence electrons. The van der Waals surface area contributed by atoms with E-state index in [1.807, 2.05) is 13.8 Å². The average molecular weight is 304 g/mol. The van der Waals surface area contributed by atoms with Crippen molar-refractivity contribution in [3.05, 3.63) is 0 Å². The second-order valence-electron chi connectivity index (χ2n) is 5.28. The van der Waals surface area contributed by atoms with Crippen LogP contribution in [0.4, 0.5) is 0 Å². The zero-order valence-corrected chi connectivity index (χ0v) is 12.7. The minimum atomic E-state index is -1.09. The van der Waals surface area contributed by atoms with Crippen molar-refractivity contribution in [2.24, 2.45) is 4.99 Å². The standard InChI is InChI=1S/C13H24N2O4S/c1-3-5-7(16)11-10(18)9(17)8-12(19-11)20-13(15-8)14-6-4-2/h7-12,16-18H,3-6H2,1-2H3,(H,14,15). The number of amidine groups is 1. The van der Waals surface area contributed by atoms with Crippen LogP contribution in [-0.2, 0) is 4.74 Å². The van der Waals surface area contributed by atoms with E-state index in [1.54, 1.807) is 0 Å². The van der Waals surface area contributed by atoms with Gasteiger partial charge in [-0.05, 0) is 12.8 Å². The number of aliphatic imine (C=N–C) groups is 1. The van der Waals surface area contributed by atoms with Crippen molar-refractivity contribution >= 4 is 16.9 Å². The highest BCUT2D eigenvalue weighted by molar-refractivity contribution is 8.14. The minimum Gasteiger partial charge on any atom is -0.390 e. The van der Waals surface area contributed by atoms with Gasteiger partial charge in [-0.15, -0.1) is 0 Å². The van der Waals surface area contributed by atoms with Gasteiger partial charge in [0, 0.05) is 6.54 Å². The van der Waals surface area contributed by atoms with Crippen LogP contribution < -0.4 is 5.32 Å². The lowest BCUT2D eigenvalue weighted by molar-refractivity contribution is -0.188. The highest BCUT2D eigenvalue weighted by Crippen LogP contribution is 2.35. The number of fused-ring (bicyclic) bond motifs is 1. The summed E-state index contributed by atoms with van der Waals surface area (Å²) in [7, 11) is 0. The molecule has 2 rings (SSSR count). The molecular formula is C13H24N2O4S. The van der Waals surface area contributed by atoms with Gasteiger partial charge in [-0.25, -0.2) is 0 Å². The summed E-state index contributed by atoms with van der Waals surface area (Å²) in [5, 5.41) is 34.2. The molecule has 7 heteroatoms. The lowest BCUT2D eigenvalue weighted by Crippen LogP contribution is -2.61. The van der Waals surface area contributed by atoms with Gasteiger partial charge in [0.15, 0.2) is 5.17 Å². The molecule has 0 radical (unpaired) electrons. The normalized spacial score (nSPS) is 40.5. The third kappa shape index (κ3) is 3.28. The van der Waals surface area contributed by atoms with Crippen molar-refractivity contribution in [2.45, 2.75) is 69.0 Å². The van der Waals surface area contributed by atoms with Crippen LogP contribution in [0.5, 0.6) is 0 Å². The molecule has 2 heterocycles. The van der Waals surface area contributed by atoms with Crippen molar-refractivity contribution < 1.29 is 20.1 Å². The number of thioether (sulfide) groups is 1. The van der Waals surface area contributed by atoms with Crippen LogP contribution in [0.1, 0.15) is 33.1 Å². The second-order valence-corrected chi connectivity index (χ2v) is 6.37. The predicted octanol–water partition coefficient (Wildman–Crippen LogP) is 0.0651. The fourth-order valence-electron chi connectivity index (χ4n) is 2.50. The maximum atomic E-state index is 10.2. The number of ether oxygens (including phenoxy) is 1. The fourth-order valence-corrected chi connectivity index (χ4v) is 3.65. The number of nitrogens with one attached hydrogen (secondary N) is 1. The van der Waals surface area contributed by atoms with Crippen molar-refractivity contribution in [3.8, 4) is 0 Å². The van der Waals surface area contributed by atoms with E-state index in [1.165, 1.54) is 11.8 Å². The second kappa shape index (κ2) is 7.09. The molecule has 0 aliphatic carbocycles. The molecule has 2 fully saturated rings. The smallest absolute Gasteiger partial charge is 0.159 e. The predicted molar refractivity (Wildman–Crippen MR) is 78.7 cm³/mol. The van der Waals surface area contributed by atoms with E-state index < -0.39 is 24.4 Å². The van der Waals surface area contributed by atoms with Crippen LogP contribution in [0.25, 0.3) is 0 Å². The molecule has 2 saturated heterocycles. The summed E-state index contributed by atoms with van der Waals surface area (Å²) in [6.45, 7) is 4.72. The van der Waals surface area contributed by atoms with E-state index >= 15 is 0 Å². The van der Waals surface area contributed by atoms with Crippen LogP contribution in [0.3, 0.4) is 0 Å². The van der Waals surface area contributed by atoms with Crippen LogP contribution in [-0.4, -0.2) is 62.9 Å². The van der Waals surface area contributed by atoms with Gasteiger partial charge in [-0.1, -0.05) is 32.0 Å². The molecule has 6 nitrogen and oxygen atoms in total. The van der Waals surface area contributed by atoms with Crippen LogP contribution >= 0.6 is 11.8 Å². The summed E-state index contributed by atoms with van der Waals surface area (Å²) >= 11 is 1.41. The van der Waals surface area contributed by atoms with Gasteiger partial charge in [0.25, 0.3) is 0 Å². The molecule has 0 spiro atoms. The third-order valence-corrected chi connectivity index (χ3v) is 4.71. The van der Waals surface area contributed by atoms with Crippen LogP contribution in [0.2, 0.25) is 0 Å². The topological polar surface area (TPSA) is 94.3 Å². The Morgan fingerprint density at radius 3 is 2.70 bits per heavy atom. The maximum Gasteiger partial charge on any atom is 0.159 e. The maximum absolute atomic E-state index is 10.2. The Morgan fingerprint density at radius 1 is 1.30 bits per heavy atom. The first-order valence-electron chi connectivity index (χ1n) is 7.25. The molecule has 6 atom stereocenters. The number of aliphatic hydroxyl groups is 3. The molecular weight excluding hydrogens is 280 g/mol. The lowest BCUT2D eigenvalue weighted by Gasteiger charge is -2.40. The zero-order valence-electron chi connectivity index (χ0n) is 11.9. The van der Waals surface area contributed by atoms with Crippen molar-refractivity contribution in [1.29, 1.82) is 0 Å². The molecule has 0 amide bonds. The summed E-state index contributed by atoms with van der Waals surface area (Å²) in [6, 6.07) is -0.379. The lowest BCUT2D eigenvalue weighted by atomic mass is 9.93.